The van der Waals surface area contributed by atoms with E-state index in [2.05, 4.69) is 15.3 Å². The molecule has 1 aromatic carbocycles. The lowest BCUT2D eigenvalue weighted by Crippen LogP contribution is -2.18. The number of carbonyl (C=O) groups excluding carboxylic acids is 1. The van der Waals surface area contributed by atoms with Crippen molar-refractivity contribution in [3.05, 3.63) is 59.2 Å². The third-order valence-electron chi connectivity index (χ3n) is 2.89. The fourth-order valence-electron chi connectivity index (χ4n) is 1.87. The van der Waals surface area contributed by atoms with E-state index in [1.54, 1.807) is 18.2 Å². The molecule has 0 bridgehead atoms. The van der Waals surface area contributed by atoms with Crippen LogP contribution in [0.25, 0.3) is 0 Å². The van der Waals surface area contributed by atoms with Crippen molar-refractivity contribution in [2.24, 2.45) is 4.99 Å². The van der Waals surface area contributed by atoms with Gasteiger partial charge in [-0.25, -0.2) is 4.99 Å². The number of pyridine rings is 1. The lowest BCUT2D eigenvalue weighted by molar-refractivity contribution is -0.137. The predicted octanol–water partition coefficient (Wildman–Crippen LogP) is 2.72. The standard InChI is InChI=1S/C15H13F3N4O/c16-15(17,18)10-4-6-11(7-5-10)22-14(23)8-12-2-1-3-13(21-12)20-9-19/h1-7,9H,8H2,(H,22,23)(H2,19,20,21). The topological polar surface area (TPSA) is 81.1 Å². The number of hydrogen-bond acceptors (Lipinski definition) is 2. The largest absolute Gasteiger partial charge is 0.416 e. The SMILES string of the molecule is N=C/N=c1/cccc(CC(=O)Nc2ccc(C(F)(F)F)cc2)[nH]1. The monoisotopic (exact) mass is 322 g/mol. The minimum Gasteiger partial charge on any atom is -0.343 e. The number of nitrogens with zero attached hydrogens (tertiary/aromatic N) is 1. The first kappa shape index (κ1) is 16.5. The van der Waals surface area contributed by atoms with Gasteiger partial charge in [-0.2, -0.15) is 13.2 Å². The van der Waals surface area contributed by atoms with Gasteiger partial charge in [0.25, 0.3) is 0 Å². The number of amides is 1. The molecule has 3 N–H and O–H groups in total. The zero-order chi connectivity index (χ0) is 16.9. The molecule has 0 radical (unpaired) electrons. The number of anilines is 1. The van der Waals surface area contributed by atoms with E-state index in [9.17, 15) is 18.0 Å². The summed E-state index contributed by atoms with van der Waals surface area (Å²) in [5, 5.41) is 9.41. The second kappa shape index (κ2) is 6.91. The molecule has 1 heterocycles. The average Bonchev–Trinajstić information content (AvgIpc) is 2.47. The summed E-state index contributed by atoms with van der Waals surface area (Å²) in [5.74, 6) is -0.381. The third-order valence-corrected chi connectivity index (χ3v) is 2.89. The fourth-order valence-corrected chi connectivity index (χ4v) is 1.87. The van der Waals surface area contributed by atoms with Gasteiger partial charge >= 0.3 is 6.18 Å². The number of nitrogens with one attached hydrogen (secondary N) is 3. The molecule has 5 nitrogen and oxygen atoms in total. The first-order chi connectivity index (χ1) is 10.9. The number of hydrogen-bond donors (Lipinski definition) is 3. The van der Waals surface area contributed by atoms with E-state index in [1.165, 1.54) is 12.1 Å². The summed E-state index contributed by atoms with van der Waals surface area (Å²) in [5.41, 5.74) is 0.505. The van der Waals surface area contributed by atoms with E-state index in [0.717, 1.165) is 18.5 Å². The highest BCUT2D eigenvalue weighted by atomic mass is 19.4. The smallest absolute Gasteiger partial charge is 0.343 e. The molecule has 0 saturated carbocycles. The maximum atomic E-state index is 12.5. The molecule has 2 rings (SSSR count). The van der Waals surface area contributed by atoms with Gasteiger partial charge in [0.05, 0.1) is 12.0 Å². The van der Waals surface area contributed by atoms with Crippen LogP contribution in [0.15, 0.2) is 47.5 Å². The Morgan fingerprint density at radius 3 is 2.52 bits per heavy atom. The van der Waals surface area contributed by atoms with Gasteiger partial charge in [0.1, 0.15) is 11.8 Å². The van der Waals surface area contributed by atoms with Gasteiger partial charge in [-0.3, -0.25) is 10.2 Å². The molecule has 0 atom stereocenters. The molecule has 8 heteroatoms. The summed E-state index contributed by atoms with van der Waals surface area (Å²) < 4.78 is 37.4. The summed E-state index contributed by atoms with van der Waals surface area (Å²) in [6, 6.07) is 9.21. The van der Waals surface area contributed by atoms with Crippen molar-refractivity contribution in [3.8, 4) is 0 Å². The highest BCUT2D eigenvalue weighted by Gasteiger charge is 2.29. The van der Waals surface area contributed by atoms with Crippen LogP contribution < -0.4 is 10.8 Å². The van der Waals surface area contributed by atoms with Crippen molar-refractivity contribution < 1.29 is 18.0 Å². The molecule has 0 aliphatic carbocycles. The van der Waals surface area contributed by atoms with Crippen LogP contribution in [0.1, 0.15) is 11.3 Å². The normalized spacial score (nSPS) is 12.0. The summed E-state index contributed by atoms with van der Waals surface area (Å²) in [7, 11) is 0. The predicted molar refractivity (Wildman–Crippen MR) is 78.9 cm³/mol. The first-order valence-corrected chi connectivity index (χ1v) is 6.56. The molecule has 2 aromatic rings. The summed E-state index contributed by atoms with van der Waals surface area (Å²) in [6.45, 7) is 0. The number of carbonyl (C=O) groups is 1. The maximum absolute atomic E-state index is 12.5. The third kappa shape index (κ3) is 4.80. The van der Waals surface area contributed by atoms with Crippen LogP contribution in [-0.4, -0.2) is 17.2 Å². The van der Waals surface area contributed by atoms with Crippen LogP contribution in [0.2, 0.25) is 0 Å². The second-order valence-electron chi connectivity index (χ2n) is 4.62. The Balaban J connectivity index is 2.04. The minimum absolute atomic E-state index is 0.00236. The van der Waals surface area contributed by atoms with Crippen molar-refractivity contribution in [3.63, 3.8) is 0 Å². The number of benzene rings is 1. The van der Waals surface area contributed by atoms with Gasteiger partial charge in [-0.15, -0.1) is 0 Å². The molecular weight excluding hydrogens is 309 g/mol. The Morgan fingerprint density at radius 2 is 1.91 bits per heavy atom. The number of rotatable bonds is 4. The molecule has 0 unspecified atom stereocenters. The van der Waals surface area contributed by atoms with Crippen molar-refractivity contribution >= 4 is 17.9 Å². The van der Waals surface area contributed by atoms with Crippen LogP contribution in [0.4, 0.5) is 18.9 Å². The van der Waals surface area contributed by atoms with E-state index >= 15 is 0 Å². The summed E-state index contributed by atoms with van der Waals surface area (Å²) in [6.07, 6.45) is -3.53. The first-order valence-electron chi connectivity index (χ1n) is 6.56. The molecule has 120 valence electrons. The van der Waals surface area contributed by atoms with Gasteiger partial charge in [-0.1, -0.05) is 6.07 Å². The summed E-state index contributed by atoms with van der Waals surface area (Å²) in [4.78, 5) is 18.5. The van der Waals surface area contributed by atoms with Gasteiger partial charge in [0.2, 0.25) is 5.91 Å². The number of H-pyrrole nitrogens is 1. The van der Waals surface area contributed by atoms with Gasteiger partial charge in [0, 0.05) is 11.4 Å². The minimum atomic E-state index is -4.41. The maximum Gasteiger partial charge on any atom is 0.416 e. The number of alkyl halides is 3. The van der Waals surface area contributed by atoms with E-state index in [0.29, 0.717) is 11.2 Å². The lowest BCUT2D eigenvalue weighted by Gasteiger charge is -2.09. The Morgan fingerprint density at radius 1 is 1.22 bits per heavy atom. The number of aromatic nitrogens is 1. The van der Waals surface area contributed by atoms with Gasteiger partial charge in [0.15, 0.2) is 0 Å². The molecule has 0 spiro atoms. The van der Waals surface area contributed by atoms with E-state index < -0.39 is 11.7 Å². The second-order valence-corrected chi connectivity index (χ2v) is 4.62. The Labute approximate surface area is 129 Å². The van der Waals surface area contributed by atoms with E-state index in [4.69, 9.17) is 5.41 Å². The Bertz CT molecular complexity index is 763. The van der Waals surface area contributed by atoms with Crippen molar-refractivity contribution in [1.82, 2.24) is 4.98 Å². The Hall–Kier alpha value is -2.90. The number of aromatic amines is 1. The average molecular weight is 322 g/mol. The molecule has 1 amide bonds. The highest BCUT2D eigenvalue weighted by molar-refractivity contribution is 5.92. The van der Waals surface area contributed by atoms with Crippen molar-refractivity contribution in [2.45, 2.75) is 12.6 Å². The van der Waals surface area contributed by atoms with Crippen LogP contribution in [-0.2, 0) is 17.4 Å². The van der Waals surface area contributed by atoms with Crippen molar-refractivity contribution in [1.29, 1.82) is 5.41 Å². The lowest BCUT2D eigenvalue weighted by atomic mass is 10.2. The summed E-state index contributed by atoms with van der Waals surface area (Å²) >= 11 is 0. The molecule has 0 aliphatic rings. The van der Waals surface area contributed by atoms with Crippen LogP contribution in [0.3, 0.4) is 0 Å². The molecule has 1 aromatic heterocycles. The van der Waals surface area contributed by atoms with Crippen LogP contribution in [0.5, 0.6) is 0 Å². The Kier molecular flexibility index (Phi) is 4.95. The fraction of sp³-hybridized carbons (Fsp3) is 0.133. The van der Waals surface area contributed by atoms with Crippen molar-refractivity contribution in [2.75, 3.05) is 5.32 Å². The zero-order valence-corrected chi connectivity index (χ0v) is 11.8. The molecule has 0 fully saturated rings. The van der Waals surface area contributed by atoms with Crippen LogP contribution in [0, 0.1) is 5.41 Å². The van der Waals surface area contributed by atoms with Crippen LogP contribution >= 0.6 is 0 Å². The molecular formula is C15H13F3N4O. The van der Waals surface area contributed by atoms with E-state index in [1.807, 2.05) is 0 Å². The zero-order valence-electron chi connectivity index (χ0n) is 11.8. The molecule has 0 aliphatic heterocycles. The van der Waals surface area contributed by atoms with E-state index in [-0.39, 0.29) is 18.0 Å². The quantitative estimate of drug-likeness (QED) is 0.587. The number of halogens is 3. The molecule has 0 saturated heterocycles. The van der Waals surface area contributed by atoms with Gasteiger partial charge < -0.3 is 10.3 Å². The van der Waals surface area contributed by atoms with Gasteiger partial charge in [-0.05, 0) is 36.4 Å². The highest BCUT2D eigenvalue weighted by Crippen LogP contribution is 2.29. The molecule has 23 heavy (non-hydrogen) atoms.